The molecule has 0 fully saturated rings. The standard InChI is InChI=1S/C21H31N3O2/c1-4-12-24(13-5-2)15-16(3)25-17-6-8-18(9-7-17)26-19-10-11-20(22)21(23)14-19/h6-11,14,16H,4-5,12-13,15,22-23H2,1-3H3. The Kier molecular flexibility index (Phi) is 7.60. The van der Waals surface area contributed by atoms with E-state index in [2.05, 4.69) is 25.7 Å². The molecule has 4 N–H and O–H groups in total. The molecule has 0 saturated heterocycles. The van der Waals surface area contributed by atoms with E-state index in [-0.39, 0.29) is 6.10 Å². The lowest BCUT2D eigenvalue weighted by atomic mass is 10.2. The molecular formula is C21H31N3O2. The van der Waals surface area contributed by atoms with Crippen molar-refractivity contribution in [3.8, 4) is 17.2 Å². The zero-order valence-electron chi connectivity index (χ0n) is 16.1. The van der Waals surface area contributed by atoms with Crippen LogP contribution in [0.25, 0.3) is 0 Å². The van der Waals surface area contributed by atoms with Gasteiger partial charge in [0.25, 0.3) is 0 Å². The summed E-state index contributed by atoms with van der Waals surface area (Å²) in [5.74, 6) is 2.23. The van der Waals surface area contributed by atoms with Crippen molar-refractivity contribution in [2.24, 2.45) is 0 Å². The molecule has 26 heavy (non-hydrogen) atoms. The third-order valence-electron chi connectivity index (χ3n) is 4.05. The van der Waals surface area contributed by atoms with Gasteiger partial charge in [0.2, 0.25) is 0 Å². The molecule has 2 rings (SSSR count). The van der Waals surface area contributed by atoms with E-state index in [0.717, 1.165) is 44.0 Å². The fourth-order valence-electron chi connectivity index (χ4n) is 2.90. The van der Waals surface area contributed by atoms with Crippen molar-refractivity contribution in [3.05, 3.63) is 42.5 Å². The highest BCUT2D eigenvalue weighted by Crippen LogP contribution is 2.27. The minimum atomic E-state index is 0.136. The molecule has 0 amide bonds. The third kappa shape index (κ3) is 6.15. The Morgan fingerprint density at radius 1 is 0.846 bits per heavy atom. The fourth-order valence-corrected chi connectivity index (χ4v) is 2.90. The molecule has 0 aliphatic rings. The van der Waals surface area contributed by atoms with Gasteiger partial charge in [0.1, 0.15) is 23.4 Å². The van der Waals surface area contributed by atoms with Gasteiger partial charge in [0.05, 0.1) is 11.4 Å². The molecule has 2 aromatic rings. The van der Waals surface area contributed by atoms with E-state index in [1.807, 2.05) is 24.3 Å². The SMILES string of the molecule is CCCN(CCC)CC(C)Oc1ccc(Oc2ccc(N)c(N)c2)cc1. The van der Waals surface area contributed by atoms with Gasteiger partial charge in [-0.05, 0) is 69.3 Å². The molecule has 2 aromatic carbocycles. The topological polar surface area (TPSA) is 73.7 Å². The Bertz CT molecular complexity index is 667. The summed E-state index contributed by atoms with van der Waals surface area (Å²) in [4.78, 5) is 2.45. The summed E-state index contributed by atoms with van der Waals surface area (Å²) in [6, 6.07) is 12.9. The summed E-state index contributed by atoms with van der Waals surface area (Å²) in [7, 11) is 0. The van der Waals surface area contributed by atoms with Crippen LogP contribution in [0.15, 0.2) is 42.5 Å². The molecule has 0 bridgehead atoms. The molecule has 1 unspecified atom stereocenters. The quantitative estimate of drug-likeness (QED) is 0.611. The van der Waals surface area contributed by atoms with Crippen molar-refractivity contribution in [1.82, 2.24) is 4.90 Å². The van der Waals surface area contributed by atoms with Crippen molar-refractivity contribution in [1.29, 1.82) is 0 Å². The first kappa shape index (κ1) is 19.9. The highest BCUT2D eigenvalue weighted by molar-refractivity contribution is 5.65. The second-order valence-corrected chi connectivity index (χ2v) is 6.59. The molecule has 0 spiro atoms. The lowest BCUT2D eigenvalue weighted by Crippen LogP contribution is -2.35. The largest absolute Gasteiger partial charge is 0.489 e. The summed E-state index contributed by atoms with van der Waals surface area (Å²) in [6.45, 7) is 9.69. The van der Waals surface area contributed by atoms with Gasteiger partial charge in [-0.2, -0.15) is 0 Å². The van der Waals surface area contributed by atoms with Crippen LogP contribution in [0.3, 0.4) is 0 Å². The van der Waals surface area contributed by atoms with Crippen LogP contribution in [-0.4, -0.2) is 30.6 Å². The van der Waals surface area contributed by atoms with E-state index < -0.39 is 0 Å². The van der Waals surface area contributed by atoms with Crippen LogP contribution in [0, 0.1) is 0 Å². The van der Waals surface area contributed by atoms with Crippen molar-refractivity contribution < 1.29 is 9.47 Å². The van der Waals surface area contributed by atoms with Crippen LogP contribution in [0.4, 0.5) is 11.4 Å². The number of hydrogen-bond acceptors (Lipinski definition) is 5. The number of nitrogens with zero attached hydrogens (tertiary/aromatic N) is 1. The molecule has 0 aliphatic heterocycles. The summed E-state index contributed by atoms with van der Waals surface area (Å²) in [5, 5.41) is 0. The molecule has 0 aromatic heterocycles. The van der Waals surface area contributed by atoms with Crippen LogP contribution in [-0.2, 0) is 0 Å². The van der Waals surface area contributed by atoms with Crippen molar-refractivity contribution >= 4 is 11.4 Å². The monoisotopic (exact) mass is 357 g/mol. The Balaban J connectivity index is 1.90. The molecule has 5 nitrogen and oxygen atoms in total. The first-order valence-electron chi connectivity index (χ1n) is 9.33. The molecule has 0 aliphatic carbocycles. The average molecular weight is 357 g/mol. The van der Waals surface area contributed by atoms with E-state index in [9.17, 15) is 0 Å². The summed E-state index contributed by atoms with van der Waals surface area (Å²) in [5.41, 5.74) is 12.6. The molecular weight excluding hydrogens is 326 g/mol. The minimum Gasteiger partial charge on any atom is -0.489 e. The second kappa shape index (κ2) is 9.92. The van der Waals surface area contributed by atoms with Gasteiger partial charge in [0.15, 0.2) is 0 Å². The average Bonchev–Trinajstić information content (AvgIpc) is 2.60. The maximum Gasteiger partial charge on any atom is 0.129 e. The Hall–Kier alpha value is -2.40. The third-order valence-corrected chi connectivity index (χ3v) is 4.05. The number of anilines is 2. The van der Waals surface area contributed by atoms with Gasteiger partial charge >= 0.3 is 0 Å². The number of nitrogen functional groups attached to an aromatic ring is 2. The molecule has 142 valence electrons. The second-order valence-electron chi connectivity index (χ2n) is 6.59. The van der Waals surface area contributed by atoms with E-state index in [1.165, 1.54) is 0 Å². The smallest absolute Gasteiger partial charge is 0.129 e. The lowest BCUT2D eigenvalue weighted by Gasteiger charge is -2.25. The summed E-state index contributed by atoms with van der Waals surface area (Å²) >= 11 is 0. The zero-order valence-corrected chi connectivity index (χ0v) is 16.1. The van der Waals surface area contributed by atoms with Gasteiger partial charge in [-0.1, -0.05) is 13.8 Å². The summed E-state index contributed by atoms with van der Waals surface area (Å²) < 4.78 is 11.8. The highest BCUT2D eigenvalue weighted by atomic mass is 16.5. The van der Waals surface area contributed by atoms with E-state index >= 15 is 0 Å². The van der Waals surface area contributed by atoms with Gasteiger partial charge < -0.3 is 20.9 Å². The Morgan fingerprint density at radius 2 is 1.42 bits per heavy atom. The zero-order chi connectivity index (χ0) is 18.9. The number of rotatable bonds is 10. The van der Waals surface area contributed by atoms with Crippen LogP contribution in [0.1, 0.15) is 33.6 Å². The maximum atomic E-state index is 6.04. The molecule has 5 heteroatoms. The molecule has 0 radical (unpaired) electrons. The fraction of sp³-hybridized carbons (Fsp3) is 0.429. The van der Waals surface area contributed by atoms with E-state index in [0.29, 0.717) is 17.1 Å². The highest BCUT2D eigenvalue weighted by Gasteiger charge is 2.10. The number of benzene rings is 2. The van der Waals surface area contributed by atoms with Crippen molar-refractivity contribution in [2.45, 2.75) is 39.7 Å². The number of ether oxygens (including phenoxy) is 2. The number of nitrogens with two attached hydrogens (primary N) is 2. The normalized spacial score (nSPS) is 12.2. The van der Waals surface area contributed by atoms with Gasteiger partial charge in [0, 0.05) is 12.6 Å². The lowest BCUT2D eigenvalue weighted by molar-refractivity contribution is 0.145. The minimum absolute atomic E-state index is 0.136. The van der Waals surface area contributed by atoms with E-state index in [1.54, 1.807) is 18.2 Å². The Morgan fingerprint density at radius 3 is 2.00 bits per heavy atom. The van der Waals surface area contributed by atoms with Crippen LogP contribution in [0.5, 0.6) is 17.2 Å². The summed E-state index contributed by atoms with van der Waals surface area (Å²) in [6.07, 6.45) is 2.46. The van der Waals surface area contributed by atoms with E-state index in [4.69, 9.17) is 20.9 Å². The van der Waals surface area contributed by atoms with Crippen LogP contribution in [0.2, 0.25) is 0 Å². The first-order chi connectivity index (χ1) is 12.5. The molecule has 0 saturated carbocycles. The molecule has 1 atom stereocenters. The number of hydrogen-bond donors (Lipinski definition) is 2. The van der Waals surface area contributed by atoms with Gasteiger partial charge in [-0.25, -0.2) is 0 Å². The Labute approximate surface area is 156 Å². The van der Waals surface area contributed by atoms with Crippen molar-refractivity contribution in [2.75, 3.05) is 31.1 Å². The van der Waals surface area contributed by atoms with Gasteiger partial charge in [-0.15, -0.1) is 0 Å². The van der Waals surface area contributed by atoms with Crippen LogP contribution < -0.4 is 20.9 Å². The maximum absolute atomic E-state index is 6.04. The van der Waals surface area contributed by atoms with Crippen LogP contribution >= 0.6 is 0 Å². The van der Waals surface area contributed by atoms with Crippen molar-refractivity contribution in [3.63, 3.8) is 0 Å². The first-order valence-corrected chi connectivity index (χ1v) is 9.33. The predicted molar refractivity (Wildman–Crippen MR) is 109 cm³/mol. The van der Waals surface area contributed by atoms with Gasteiger partial charge in [-0.3, -0.25) is 4.90 Å². The predicted octanol–water partition coefficient (Wildman–Crippen LogP) is 4.53. The molecule has 0 heterocycles.